The Balaban J connectivity index is 3.88. The lowest BCUT2D eigenvalue weighted by Gasteiger charge is -1.97. The van der Waals surface area contributed by atoms with Gasteiger partial charge in [0.1, 0.15) is 11.0 Å². The first kappa shape index (κ1) is 9.11. The first-order valence-electron chi connectivity index (χ1n) is 2.56. The number of aliphatic carboxylic acids is 1. The Morgan fingerprint density at radius 3 is 2.70 bits per heavy atom. The maximum atomic E-state index is 10.7. The van der Waals surface area contributed by atoms with E-state index in [1.54, 1.807) is 6.07 Å². The van der Waals surface area contributed by atoms with E-state index in [9.17, 15) is 9.00 Å². The molecule has 4 nitrogen and oxygen atoms in total. The Hall–Kier alpha value is -0.890. The molecule has 0 rings (SSSR count). The zero-order valence-electron chi connectivity index (χ0n) is 5.40. The number of rotatable bonds is 3. The molecule has 0 amide bonds. The fraction of sp³-hybridized carbons (Fsp3) is 0.600. The molecule has 1 N–H and O–H groups in total. The van der Waals surface area contributed by atoms with Gasteiger partial charge in [0.25, 0.3) is 0 Å². The molecule has 0 fully saturated rings. The standard InChI is InChI=1S/C5H7NO3S/c1-4(2-6)10(9)3-5(7)8/h4H,3H2,1H3,(H,7,8). The van der Waals surface area contributed by atoms with Crippen molar-refractivity contribution >= 4 is 16.8 Å². The van der Waals surface area contributed by atoms with Crippen molar-refractivity contribution in [2.75, 3.05) is 5.75 Å². The summed E-state index contributed by atoms with van der Waals surface area (Å²) < 4.78 is 10.7. The maximum absolute atomic E-state index is 10.7. The van der Waals surface area contributed by atoms with Crippen LogP contribution in [0.2, 0.25) is 0 Å². The highest BCUT2D eigenvalue weighted by molar-refractivity contribution is 7.86. The molecule has 0 aromatic rings. The highest BCUT2D eigenvalue weighted by Crippen LogP contribution is 1.92. The van der Waals surface area contributed by atoms with E-state index >= 15 is 0 Å². The van der Waals surface area contributed by atoms with Crippen LogP contribution in [0.3, 0.4) is 0 Å². The van der Waals surface area contributed by atoms with Crippen LogP contribution in [0, 0.1) is 11.3 Å². The number of nitriles is 1. The quantitative estimate of drug-likeness (QED) is 0.618. The summed E-state index contributed by atoms with van der Waals surface area (Å²) >= 11 is 0. The predicted molar refractivity (Wildman–Crippen MR) is 35.7 cm³/mol. The second-order valence-corrected chi connectivity index (χ2v) is 3.45. The maximum Gasteiger partial charge on any atom is 0.316 e. The van der Waals surface area contributed by atoms with Gasteiger partial charge in [-0.25, -0.2) is 0 Å². The lowest BCUT2D eigenvalue weighted by atomic mass is 10.5. The van der Waals surface area contributed by atoms with E-state index in [1.807, 2.05) is 0 Å². The Bertz CT molecular complexity index is 196. The average Bonchev–Trinajstić information content (AvgIpc) is 1.85. The number of hydrogen-bond donors (Lipinski definition) is 1. The Morgan fingerprint density at radius 2 is 2.40 bits per heavy atom. The van der Waals surface area contributed by atoms with Crippen molar-refractivity contribution in [1.82, 2.24) is 0 Å². The van der Waals surface area contributed by atoms with Crippen LogP contribution in [-0.2, 0) is 15.6 Å². The topological polar surface area (TPSA) is 78.2 Å². The molecule has 2 atom stereocenters. The fourth-order valence-corrected chi connectivity index (χ4v) is 0.916. The number of nitrogens with zero attached hydrogens (tertiary/aromatic N) is 1. The van der Waals surface area contributed by atoms with Gasteiger partial charge in [-0.1, -0.05) is 0 Å². The SMILES string of the molecule is CC(C#N)S(=O)CC(=O)O. The Morgan fingerprint density at radius 1 is 1.90 bits per heavy atom. The van der Waals surface area contributed by atoms with Crippen molar-refractivity contribution in [1.29, 1.82) is 5.26 Å². The van der Waals surface area contributed by atoms with Crippen LogP contribution in [-0.4, -0.2) is 26.3 Å². The second-order valence-electron chi connectivity index (χ2n) is 1.69. The summed E-state index contributed by atoms with van der Waals surface area (Å²) in [6, 6.07) is 1.71. The third-order valence-electron chi connectivity index (χ3n) is 0.842. The van der Waals surface area contributed by atoms with Crippen LogP contribution in [0.5, 0.6) is 0 Å². The third kappa shape index (κ3) is 3.20. The van der Waals surface area contributed by atoms with Gasteiger partial charge in [-0.2, -0.15) is 5.26 Å². The minimum absolute atomic E-state index is 0.450. The molecule has 10 heavy (non-hydrogen) atoms. The first-order valence-corrected chi connectivity index (χ1v) is 3.94. The minimum Gasteiger partial charge on any atom is -0.481 e. The molecule has 0 aromatic heterocycles. The van der Waals surface area contributed by atoms with Crippen LogP contribution in [0.15, 0.2) is 0 Å². The van der Waals surface area contributed by atoms with Crippen molar-refractivity contribution in [2.24, 2.45) is 0 Å². The molecular weight excluding hydrogens is 154 g/mol. The Kier molecular flexibility index (Phi) is 3.65. The number of carboxylic acid groups (broad SMARTS) is 1. The van der Waals surface area contributed by atoms with E-state index in [1.165, 1.54) is 6.92 Å². The van der Waals surface area contributed by atoms with Crippen LogP contribution in [0.1, 0.15) is 6.92 Å². The van der Waals surface area contributed by atoms with E-state index in [0.29, 0.717) is 0 Å². The number of carboxylic acids is 1. The van der Waals surface area contributed by atoms with Gasteiger partial charge >= 0.3 is 5.97 Å². The lowest BCUT2D eigenvalue weighted by Crippen LogP contribution is -2.17. The molecule has 0 bridgehead atoms. The van der Waals surface area contributed by atoms with Crippen molar-refractivity contribution in [3.8, 4) is 6.07 Å². The van der Waals surface area contributed by atoms with E-state index in [4.69, 9.17) is 10.4 Å². The molecule has 56 valence electrons. The summed E-state index contributed by atoms with van der Waals surface area (Å²) in [6.07, 6.45) is 0. The molecule has 0 saturated carbocycles. The van der Waals surface area contributed by atoms with Crippen LogP contribution in [0.4, 0.5) is 0 Å². The molecule has 0 saturated heterocycles. The molecular formula is C5H7NO3S. The molecule has 0 aliphatic carbocycles. The van der Waals surface area contributed by atoms with Gasteiger partial charge in [0, 0.05) is 10.8 Å². The molecule has 0 aromatic carbocycles. The van der Waals surface area contributed by atoms with Crippen LogP contribution >= 0.6 is 0 Å². The number of carbonyl (C=O) groups is 1. The van der Waals surface area contributed by atoms with Gasteiger partial charge in [0.15, 0.2) is 0 Å². The zero-order valence-corrected chi connectivity index (χ0v) is 6.22. The fourth-order valence-electron chi connectivity index (χ4n) is 0.305. The minimum atomic E-state index is -1.56. The van der Waals surface area contributed by atoms with Crippen LogP contribution < -0.4 is 0 Å². The summed E-state index contributed by atoms with van der Waals surface area (Å²) in [5.41, 5.74) is 0. The number of hydrogen-bond acceptors (Lipinski definition) is 3. The predicted octanol–water partition coefficient (Wildman–Crippen LogP) is -0.268. The molecule has 0 spiro atoms. The van der Waals surface area contributed by atoms with Gasteiger partial charge in [0.05, 0.1) is 6.07 Å². The summed E-state index contributed by atoms with van der Waals surface area (Å²) in [7, 11) is -1.56. The summed E-state index contributed by atoms with van der Waals surface area (Å²) in [6.45, 7) is 1.43. The van der Waals surface area contributed by atoms with Crippen molar-refractivity contribution in [3.63, 3.8) is 0 Å². The normalized spacial score (nSPS) is 15.2. The molecule has 0 heterocycles. The smallest absolute Gasteiger partial charge is 0.316 e. The van der Waals surface area contributed by atoms with Crippen molar-refractivity contribution < 1.29 is 14.1 Å². The molecule has 2 unspecified atom stereocenters. The molecule has 0 radical (unpaired) electrons. The van der Waals surface area contributed by atoms with Gasteiger partial charge in [-0.05, 0) is 6.92 Å². The second kappa shape index (κ2) is 4.01. The summed E-state index contributed by atoms with van der Waals surface area (Å²) in [5.74, 6) is -1.59. The van der Waals surface area contributed by atoms with Gasteiger partial charge < -0.3 is 5.11 Å². The van der Waals surface area contributed by atoms with Gasteiger partial charge in [-0.3, -0.25) is 9.00 Å². The van der Waals surface area contributed by atoms with E-state index in [0.717, 1.165) is 0 Å². The van der Waals surface area contributed by atoms with Gasteiger partial charge in [-0.15, -0.1) is 0 Å². The molecule has 0 aliphatic rings. The zero-order chi connectivity index (χ0) is 8.15. The average molecular weight is 161 g/mol. The summed E-state index contributed by atoms with van der Waals surface area (Å²) in [5, 5.41) is 15.6. The lowest BCUT2D eigenvalue weighted by molar-refractivity contribution is -0.133. The highest BCUT2D eigenvalue weighted by Gasteiger charge is 2.12. The monoisotopic (exact) mass is 161 g/mol. The van der Waals surface area contributed by atoms with Gasteiger partial charge in [0.2, 0.25) is 0 Å². The largest absolute Gasteiger partial charge is 0.481 e. The molecule has 0 aliphatic heterocycles. The van der Waals surface area contributed by atoms with Crippen molar-refractivity contribution in [2.45, 2.75) is 12.2 Å². The molecule has 5 heteroatoms. The summed E-state index contributed by atoms with van der Waals surface area (Å²) in [4.78, 5) is 9.93. The van der Waals surface area contributed by atoms with E-state index < -0.39 is 27.8 Å². The van der Waals surface area contributed by atoms with E-state index in [-0.39, 0.29) is 0 Å². The highest BCUT2D eigenvalue weighted by atomic mass is 32.2. The Labute approximate surface area is 60.9 Å². The van der Waals surface area contributed by atoms with E-state index in [2.05, 4.69) is 0 Å². The first-order chi connectivity index (χ1) is 4.57. The van der Waals surface area contributed by atoms with Crippen LogP contribution in [0.25, 0.3) is 0 Å². The third-order valence-corrected chi connectivity index (χ3v) is 2.27. The van der Waals surface area contributed by atoms with Crippen molar-refractivity contribution in [3.05, 3.63) is 0 Å².